The molecule has 0 spiro atoms. The molecular formula is C15H14BrFN2O2. The SMILES string of the molecule is Cc1ccc(/C(N)=N/O)cc1OCc1ccc(Br)cc1F. The Kier molecular flexibility index (Phi) is 4.80. The summed E-state index contributed by atoms with van der Waals surface area (Å²) in [5.74, 6) is 0.214. The monoisotopic (exact) mass is 352 g/mol. The van der Waals surface area contributed by atoms with Crippen LogP contribution >= 0.6 is 15.9 Å². The fourth-order valence-electron chi connectivity index (χ4n) is 1.77. The van der Waals surface area contributed by atoms with Crippen LogP contribution in [0.5, 0.6) is 5.75 Å². The molecule has 2 aromatic rings. The Labute approximate surface area is 130 Å². The summed E-state index contributed by atoms with van der Waals surface area (Å²) in [6, 6.07) is 9.96. The molecule has 21 heavy (non-hydrogen) atoms. The van der Waals surface area contributed by atoms with E-state index < -0.39 is 0 Å². The highest BCUT2D eigenvalue weighted by molar-refractivity contribution is 9.10. The van der Waals surface area contributed by atoms with Gasteiger partial charge < -0.3 is 15.7 Å². The number of halogens is 2. The number of amidine groups is 1. The van der Waals surface area contributed by atoms with Crippen LogP contribution in [0.15, 0.2) is 46.0 Å². The summed E-state index contributed by atoms with van der Waals surface area (Å²) in [6.07, 6.45) is 0. The minimum Gasteiger partial charge on any atom is -0.489 e. The third-order valence-corrected chi connectivity index (χ3v) is 3.48. The van der Waals surface area contributed by atoms with Crippen molar-refractivity contribution in [1.82, 2.24) is 0 Å². The smallest absolute Gasteiger partial charge is 0.170 e. The van der Waals surface area contributed by atoms with Crippen LogP contribution in [0.3, 0.4) is 0 Å². The number of benzene rings is 2. The molecule has 0 heterocycles. The van der Waals surface area contributed by atoms with Crippen LogP contribution in [0.25, 0.3) is 0 Å². The second-order valence-corrected chi connectivity index (χ2v) is 5.41. The molecular weight excluding hydrogens is 339 g/mol. The minimum atomic E-state index is -0.338. The van der Waals surface area contributed by atoms with Crippen LogP contribution in [0, 0.1) is 12.7 Å². The highest BCUT2D eigenvalue weighted by Crippen LogP contribution is 2.22. The highest BCUT2D eigenvalue weighted by atomic mass is 79.9. The van der Waals surface area contributed by atoms with Crippen LogP contribution < -0.4 is 10.5 Å². The molecule has 0 aliphatic carbocycles. The molecule has 0 amide bonds. The summed E-state index contributed by atoms with van der Waals surface area (Å²) in [7, 11) is 0. The first-order valence-electron chi connectivity index (χ1n) is 6.16. The van der Waals surface area contributed by atoms with E-state index in [9.17, 15) is 4.39 Å². The average Bonchev–Trinajstić information content (AvgIpc) is 2.47. The Morgan fingerprint density at radius 2 is 2.10 bits per heavy atom. The van der Waals surface area contributed by atoms with Gasteiger partial charge in [0, 0.05) is 15.6 Å². The van der Waals surface area contributed by atoms with Crippen molar-refractivity contribution in [3.63, 3.8) is 0 Å². The fourth-order valence-corrected chi connectivity index (χ4v) is 2.10. The Balaban J connectivity index is 2.19. The summed E-state index contributed by atoms with van der Waals surface area (Å²) in [4.78, 5) is 0. The van der Waals surface area contributed by atoms with E-state index >= 15 is 0 Å². The number of hydrogen-bond donors (Lipinski definition) is 2. The van der Waals surface area contributed by atoms with E-state index in [1.807, 2.05) is 6.92 Å². The average molecular weight is 353 g/mol. The van der Waals surface area contributed by atoms with Gasteiger partial charge >= 0.3 is 0 Å². The Morgan fingerprint density at radius 1 is 1.33 bits per heavy atom. The summed E-state index contributed by atoms with van der Waals surface area (Å²) in [5, 5.41) is 11.6. The van der Waals surface area contributed by atoms with E-state index in [0.29, 0.717) is 21.3 Å². The highest BCUT2D eigenvalue weighted by Gasteiger charge is 2.08. The van der Waals surface area contributed by atoms with Gasteiger partial charge in [0.2, 0.25) is 0 Å². The van der Waals surface area contributed by atoms with Gasteiger partial charge in [-0.05, 0) is 30.7 Å². The molecule has 0 aromatic heterocycles. The maximum atomic E-state index is 13.7. The van der Waals surface area contributed by atoms with Gasteiger partial charge in [-0.1, -0.05) is 39.3 Å². The number of nitrogens with zero attached hydrogens (tertiary/aromatic N) is 1. The molecule has 0 aliphatic rings. The third-order valence-electron chi connectivity index (χ3n) is 2.99. The molecule has 0 saturated carbocycles. The molecule has 0 radical (unpaired) electrons. The predicted molar refractivity (Wildman–Crippen MR) is 82.1 cm³/mol. The minimum absolute atomic E-state index is 0.00493. The van der Waals surface area contributed by atoms with Crippen LogP contribution in [0.1, 0.15) is 16.7 Å². The van der Waals surface area contributed by atoms with E-state index in [1.165, 1.54) is 6.07 Å². The van der Waals surface area contributed by atoms with Crippen molar-refractivity contribution in [1.29, 1.82) is 0 Å². The summed E-state index contributed by atoms with van der Waals surface area (Å²) >= 11 is 3.21. The van der Waals surface area contributed by atoms with Gasteiger partial charge in [-0.3, -0.25) is 0 Å². The zero-order valence-corrected chi connectivity index (χ0v) is 12.9. The maximum Gasteiger partial charge on any atom is 0.170 e. The molecule has 0 aliphatic heterocycles. The van der Waals surface area contributed by atoms with Crippen LogP contribution in [-0.2, 0) is 6.61 Å². The first-order chi connectivity index (χ1) is 10.0. The Morgan fingerprint density at radius 3 is 2.76 bits per heavy atom. The topological polar surface area (TPSA) is 67.8 Å². The lowest BCUT2D eigenvalue weighted by Crippen LogP contribution is -2.13. The fraction of sp³-hybridized carbons (Fsp3) is 0.133. The first-order valence-corrected chi connectivity index (χ1v) is 6.96. The van der Waals surface area contributed by atoms with Gasteiger partial charge in [-0.15, -0.1) is 0 Å². The van der Waals surface area contributed by atoms with E-state index in [-0.39, 0.29) is 18.3 Å². The summed E-state index contributed by atoms with van der Waals surface area (Å²) in [6.45, 7) is 1.96. The van der Waals surface area contributed by atoms with Crippen molar-refractivity contribution in [3.8, 4) is 5.75 Å². The maximum absolute atomic E-state index is 13.7. The van der Waals surface area contributed by atoms with Gasteiger partial charge in [-0.25, -0.2) is 4.39 Å². The van der Waals surface area contributed by atoms with Crippen molar-refractivity contribution < 1.29 is 14.3 Å². The standard InChI is InChI=1S/C15H14BrFN2O2/c1-9-2-3-10(15(18)19-20)6-14(9)21-8-11-4-5-12(16)7-13(11)17/h2-7,20H,8H2,1H3,(H2,18,19). The third kappa shape index (κ3) is 3.72. The summed E-state index contributed by atoms with van der Waals surface area (Å²) in [5.41, 5.74) is 7.40. The molecule has 0 atom stereocenters. The number of rotatable bonds is 4. The van der Waals surface area contributed by atoms with Gasteiger partial charge in [0.15, 0.2) is 5.84 Å². The van der Waals surface area contributed by atoms with Crippen molar-refractivity contribution in [2.45, 2.75) is 13.5 Å². The molecule has 4 nitrogen and oxygen atoms in total. The lowest BCUT2D eigenvalue weighted by atomic mass is 10.1. The first kappa shape index (κ1) is 15.3. The second-order valence-electron chi connectivity index (χ2n) is 4.49. The summed E-state index contributed by atoms with van der Waals surface area (Å²) < 4.78 is 20.0. The lowest BCUT2D eigenvalue weighted by molar-refractivity contribution is 0.297. The number of oxime groups is 1. The van der Waals surface area contributed by atoms with Gasteiger partial charge in [0.25, 0.3) is 0 Å². The van der Waals surface area contributed by atoms with Gasteiger partial charge in [0.05, 0.1) is 0 Å². The molecule has 3 N–H and O–H groups in total. The van der Waals surface area contributed by atoms with Crippen LogP contribution in [0.2, 0.25) is 0 Å². The number of aryl methyl sites for hydroxylation is 1. The molecule has 6 heteroatoms. The molecule has 2 rings (SSSR count). The zero-order valence-electron chi connectivity index (χ0n) is 11.3. The second kappa shape index (κ2) is 6.58. The van der Waals surface area contributed by atoms with Crippen molar-refractivity contribution in [3.05, 3.63) is 63.4 Å². The Hall–Kier alpha value is -2.08. The van der Waals surface area contributed by atoms with Crippen LogP contribution in [0.4, 0.5) is 4.39 Å². The Bertz CT molecular complexity index is 689. The van der Waals surface area contributed by atoms with E-state index in [1.54, 1.807) is 30.3 Å². The number of nitrogens with two attached hydrogens (primary N) is 1. The molecule has 0 bridgehead atoms. The van der Waals surface area contributed by atoms with Gasteiger partial charge in [0.1, 0.15) is 18.2 Å². The van der Waals surface area contributed by atoms with E-state index in [4.69, 9.17) is 15.7 Å². The lowest BCUT2D eigenvalue weighted by Gasteiger charge is -2.11. The van der Waals surface area contributed by atoms with Crippen molar-refractivity contribution >= 4 is 21.8 Å². The predicted octanol–water partition coefficient (Wildman–Crippen LogP) is 3.57. The molecule has 110 valence electrons. The van der Waals surface area contributed by atoms with Crippen molar-refractivity contribution in [2.75, 3.05) is 0 Å². The quantitative estimate of drug-likeness (QED) is 0.382. The largest absolute Gasteiger partial charge is 0.489 e. The normalized spacial score (nSPS) is 11.5. The van der Waals surface area contributed by atoms with Crippen molar-refractivity contribution in [2.24, 2.45) is 10.9 Å². The van der Waals surface area contributed by atoms with E-state index in [0.717, 1.165) is 5.56 Å². The molecule has 0 fully saturated rings. The number of ether oxygens (including phenoxy) is 1. The molecule has 0 saturated heterocycles. The van der Waals surface area contributed by atoms with Gasteiger partial charge in [-0.2, -0.15) is 0 Å². The molecule has 0 unspecified atom stereocenters. The van der Waals surface area contributed by atoms with Crippen LogP contribution in [-0.4, -0.2) is 11.0 Å². The molecule has 2 aromatic carbocycles. The number of hydrogen-bond acceptors (Lipinski definition) is 3. The zero-order chi connectivity index (χ0) is 15.4. The van der Waals surface area contributed by atoms with E-state index in [2.05, 4.69) is 21.1 Å².